The summed E-state index contributed by atoms with van der Waals surface area (Å²) in [4.78, 5) is 2.20. The van der Waals surface area contributed by atoms with Gasteiger partial charge < -0.3 is 4.74 Å². The maximum Gasteiger partial charge on any atom is 0.122 e. The van der Waals surface area contributed by atoms with Crippen LogP contribution in [0.15, 0.2) is 0 Å². The Hall–Kier alpha value is -0.590. The molecule has 1 aliphatic rings. The summed E-state index contributed by atoms with van der Waals surface area (Å²) >= 11 is 0. The summed E-state index contributed by atoms with van der Waals surface area (Å²) in [6, 6.07) is 2.67. The van der Waals surface area contributed by atoms with Crippen molar-refractivity contribution in [1.29, 1.82) is 5.26 Å². The van der Waals surface area contributed by atoms with Gasteiger partial charge in [0.1, 0.15) is 6.04 Å². The molecule has 0 aliphatic carbocycles. The molecule has 1 saturated heterocycles. The van der Waals surface area contributed by atoms with Crippen molar-refractivity contribution in [2.75, 3.05) is 19.8 Å². The third-order valence-corrected chi connectivity index (χ3v) is 2.19. The summed E-state index contributed by atoms with van der Waals surface area (Å²) in [7, 11) is 0. The zero-order chi connectivity index (χ0) is 8.97. The number of rotatable bonds is 1. The van der Waals surface area contributed by atoms with Crippen LogP contribution in [0.3, 0.4) is 0 Å². The van der Waals surface area contributed by atoms with E-state index in [-0.39, 0.29) is 6.04 Å². The van der Waals surface area contributed by atoms with Gasteiger partial charge in [-0.25, -0.2) is 0 Å². The van der Waals surface area contributed by atoms with Crippen molar-refractivity contribution >= 4 is 0 Å². The van der Waals surface area contributed by atoms with Crippen molar-refractivity contribution < 1.29 is 4.74 Å². The molecule has 0 aromatic carbocycles. The van der Waals surface area contributed by atoms with Crippen molar-refractivity contribution in [1.82, 2.24) is 4.90 Å². The molecular weight excluding hydrogens is 152 g/mol. The Bertz CT molecular complexity index is 174. The molecule has 1 aliphatic heterocycles. The van der Waals surface area contributed by atoms with Crippen LogP contribution in [0.2, 0.25) is 0 Å². The van der Waals surface area contributed by atoms with E-state index in [1.165, 1.54) is 0 Å². The third kappa shape index (κ3) is 2.20. The lowest BCUT2D eigenvalue weighted by Gasteiger charge is -2.27. The monoisotopic (exact) mass is 168 g/mol. The minimum atomic E-state index is -0.0486. The number of nitrogens with zero attached hydrogens (tertiary/aromatic N) is 2. The Morgan fingerprint density at radius 3 is 2.92 bits per heavy atom. The van der Waals surface area contributed by atoms with Crippen LogP contribution in [0.25, 0.3) is 0 Å². The van der Waals surface area contributed by atoms with Gasteiger partial charge in [-0.2, -0.15) is 5.26 Å². The van der Waals surface area contributed by atoms with E-state index in [1.54, 1.807) is 0 Å². The fourth-order valence-electron chi connectivity index (χ4n) is 1.53. The van der Waals surface area contributed by atoms with Gasteiger partial charge in [-0.05, 0) is 20.3 Å². The van der Waals surface area contributed by atoms with Gasteiger partial charge in [-0.1, -0.05) is 0 Å². The van der Waals surface area contributed by atoms with E-state index in [2.05, 4.69) is 24.8 Å². The Morgan fingerprint density at radius 1 is 1.58 bits per heavy atom. The predicted octanol–water partition coefficient (Wildman–Crippen LogP) is 1.01. The van der Waals surface area contributed by atoms with Crippen LogP contribution in [0, 0.1) is 11.3 Å². The first-order valence-corrected chi connectivity index (χ1v) is 4.49. The molecule has 0 radical (unpaired) electrons. The second kappa shape index (κ2) is 4.44. The smallest absolute Gasteiger partial charge is 0.122 e. The Kier molecular flexibility index (Phi) is 3.51. The molecule has 0 amide bonds. The first-order chi connectivity index (χ1) is 5.75. The van der Waals surface area contributed by atoms with E-state index < -0.39 is 0 Å². The topological polar surface area (TPSA) is 36.3 Å². The van der Waals surface area contributed by atoms with Crippen molar-refractivity contribution in [2.45, 2.75) is 32.4 Å². The van der Waals surface area contributed by atoms with Crippen LogP contribution in [-0.2, 0) is 4.74 Å². The normalized spacial score (nSPS) is 26.7. The number of hydrogen-bond donors (Lipinski definition) is 0. The average Bonchev–Trinajstić information content (AvgIpc) is 2.27. The number of hydrogen-bond acceptors (Lipinski definition) is 3. The van der Waals surface area contributed by atoms with Gasteiger partial charge in [0.05, 0.1) is 12.7 Å². The highest BCUT2D eigenvalue weighted by Gasteiger charge is 2.22. The van der Waals surface area contributed by atoms with Gasteiger partial charge in [0.15, 0.2) is 0 Å². The fourth-order valence-corrected chi connectivity index (χ4v) is 1.53. The van der Waals surface area contributed by atoms with Crippen molar-refractivity contribution in [2.24, 2.45) is 0 Å². The van der Waals surface area contributed by atoms with Crippen molar-refractivity contribution in [3.8, 4) is 6.07 Å². The van der Waals surface area contributed by atoms with Crippen LogP contribution in [-0.4, -0.2) is 36.7 Å². The standard InChI is InChI=1S/C9H16N2O/c1-8(2)11-4-3-5-12-7-9(11)6-10/h8-9H,3-5,7H2,1-2H3/t9-/m0/s1. The highest BCUT2D eigenvalue weighted by Crippen LogP contribution is 2.10. The molecule has 0 aromatic rings. The van der Waals surface area contributed by atoms with E-state index in [1.807, 2.05) is 0 Å². The zero-order valence-corrected chi connectivity index (χ0v) is 7.79. The highest BCUT2D eigenvalue weighted by molar-refractivity contribution is 4.93. The number of ether oxygens (including phenoxy) is 1. The van der Waals surface area contributed by atoms with E-state index >= 15 is 0 Å². The molecule has 1 atom stereocenters. The Balaban J connectivity index is 2.59. The molecule has 12 heavy (non-hydrogen) atoms. The summed E-state index contributed by atoms with van der Waals surface area (Å²) in [6.07, 6.45) is 1.04. The van der Waals surface area contributed by atoms with Gasteiger partial charge in [0.25, 0.3) is 0 Å². The molecular formula is C9H16N2O. The van der Waals surface area contributed by atoms with Gasteiger partial charge in [-0.3, -0.25) is 4.90 Å². The molecule has 3 heteroatoms. The van der Waals surface area contributed by atoms with Crippen LogP contribution >= 0.6 is 0 Å². The molecule has 0 aromatic heterocycles. The summed E-state index contributed by atoms with van der Waals surface area (Å²) < 4.78 is 5.31. The van der Waals surface area contributed by atoms with Crippen LogP contribution in [0.4, 0.5) is 0 Å². The maximum absolute atomic E-state index is 8.86. The van der Waals surface area contributed by atoms with Crippen molar-refractivity contribution in [3.05, 3.63) is 0 Å². The first kappa shape index (κ1) is 9.50. The predicted molar refractivity (Wildman–Crippen MR) is 46.7 cm³/mol. The first-order valence-electron chi connectivity index (χ1n) is 4.49. The summed E-state index contributed by atoms with van der Waals surface area (Å²) in [5, 5.41) is 8.86. The van der Waals surface area contributed by atoms with Crippen LogP contribution in [0.5, 0.6) is 0 Å². The minimum Gasteiger partial charge on any atom is -0.379 e. The van der Waals surface area contributed by atoms with E-state index in [0.717, 1.165) is 19.6 Å². The Morgan fingerprint density at radius 2 is 2.33 bits per heavy atom. The zero-order valence-electron chi connectivity index (χ0n) is 7.79. The molecule has 0 bridgehead atoms. The molecule has 0 unspecified atom stereocenters. The second-order valence-corrected chi connectivity index (χ2v) is 3.40. The average molecular weight is 168 g/mol. The molecule has 1 rings (SSSR count). The largest absolute Gasteiger partial charge is 0.379 e. The number of nitriles is 1. The summed E-state index contributed by atoms with van der Waals surface area (Å²) in [6.45, 7) is 6.58. The Labute approximate surface area is 73.9 Å². The quantitative estimate of drug-likeness (QED) is 0.586. The molecule has 1 heterocycles. The minimum absolute atomic E-state index is 0.0486. The van der Waals surface area contributed by atoms with E-state index in [4.69, 9.17) is 10.00 Å². The van der Waals surface area contributed by atoms with E-state index in [0.29, 0.717) is 12.6 Å². The fraction of sp³-hybridized carbons (Fsp3) is 0.889. The van der Waals surface area contributed by atoms with Gasteiger partial charge in [0.2, 0.25) is 0 Å². The lowest BCUT2D eigenvalue weighted by atomic mass is 10.2. The molecule has 1 fully saturated rings. The van der Waals surface area contributed by atoms with Crippen LogP contribution < -0.4 is 0 Å². The lowest BCUT2D eigenvalue weighted by molar-refractivity contribution is 0.111. The summed E-state index contributed by atoms with van der Waals surface area (Å²) in [5.41, 5.74) is 0. The maximum atomic E-state index is 8.86. The highest BCUT2D eigenvalue weighted by atomic mass is 16.5. The van der Waals surface area contributed by atoms with Crippen LogP contribution in [0.1, 0.15) is 20.3 Å². The van der Waals surface area contributed by atoms with Crippen molar-refractivity contribution in [3.63, 3.8) is 0 Å². The van der Waals surface area contributed by atoms with E-state index in [9.17, 15) is 0 Å². The van der Waals surface area contributed by atoms with Gasteiger partial charge >= 0.3 is 0 Å². The molecule has 3 nitrogen and oxygen atoms in total. The SMILES string of the molecule is CC(C)N1CCCOC[C@@H]1C#N. The molecule has 0 saturated carbocycles. The molecule has 68 valence electrons. The lowest BCUT2D eigenvalue weighted by Crippen LogP contribution is -2.41. The summed E-state index contributed by atoms with van der Waals surface area (Å²) in [5.74, 6) is 0. The van der Waals surface area contributed by atoms with Gasteiger partial charge in [-0.15, -0.1) is 0 Å². The molecule has 0 spiro atoms. The van der Waals surface area contributed by atoms with Gasteiger partial charge in [0, 0.05) is 19.2 Å². The third-order valence-electron chi connectivity index (χ3n) is 2.19. The second-order valence-electron chi connectivity index (χ2n) is 3.40. The molecule has 0 N–H and O–H groups in total.